The van der Waals surface area contributed by atoms with Gasteiger partial charge in [-0.1, -0.05) is 26.3 Å². The van der Waals surface area contributed by atoms with E-state index >= 15 is 0 Å². The number of carboxylic acid groups (broad SMARTS) is 1. The zero-order chi connectivity index (χ0) is 22.6. The molecular weight excluding hydrogens is 388 g/mol. The first kappa shape index (κ1) is 22.1. The van der Waals surface area contributed by atoms with Crippen molar-refractivity contribution in [3.8, 4) is 11.5 Å². The Morgan fingerprint density at radius 2 is 1.93 bits per heavy atom. The van der Waals surface area contributed by atoms with Crippen LogP contribution < -0.4 is 10.1 Å². The highest BCUT2D eigenvalue weighted by atomic mass is 16.5. The summed E-state index contributed by atoms with van der Waals surface area (Å²) in [6.45, 7) is 8.95. The van der Waals surface area contributed by atoms with E-state index in [1.54, 1.807) is 39.8 Å². The number of hydrogen-bond donors (Lipinski definition) is 3. The maximum Gasteiger partial charge on any atom is 0.325 e. The van der Waals surface area contributed by atoms with Crippen molar-refractivity contribution in [2.45, 2.75) is 58.2 Å². The van der Waals surface area contributed by atoms with Gasteiger partial charge in [0.05, 0.1) is 18.9 Å². The molecule has 2 fully saturated rings. The van der Waals surface area contributed by atoms with Crippen LogP contribution in [0, 0.1) is 17.8 Å². The molecule has 2 aliphatic rings. The van der Waals surface area contributed by atoms with E-state index in [0.717, 1.165) is 0 Å². The number of nitrogens with one attached hydrogen (secondary N) is 1. The number of methoxy groups -OCH3 is 1. The average Bonchev–Trinajstić information content (AvgIpc) is 3.16. The Morgan fingerprint density at radius 1 is 1.30 bits per heavy atom. The van der Waals surface area contributed by atoms with Crippen LogP contribution in [0.5, 0.6) is 11.5 Å². The van der Waals surface area contributed by atoms with Gasteiger partial charge in [-0.3, -0.25) is 24.6 Å². The van der Waals surface area contributed by atoms with Crippen LogP contribution in [-0.4, -0.2) is 51.1 Å². The number of aromatic hydroxyl groups is 1. The van der Waals surface area contributed by atoms with Gasteiger partial charge in [0, 0.05) is 11.6 Å². The number of nitrogens with zero attached hydrogens (tertiary/aromatic N) is 1. The van der Waals surface area contributed by atoms with E-state index < -0.39 is 46.7 Å². The van der Waals surface area contributed by atoms with Crippen LogP contribution in [0.25, 0.3) is 0 Å². The number of amides is 2. The summed E-state index contributed by atoms with van der Waals surface area (Å²) in [5.74, 6) is -4.12. The lowest BCUT2D eigenvalue weighted by Gasteiger charge is -2.38. The monoisotopic (exact) mass is 418 g/mol. The largest absolute Gasteiger partial charge is 0.504 e. The highest BCUT2D eigenvalue weighted by molar-refractivity contribution is 6.10. The van der Waals surface area contributed by atoms with Crippen LogP contribution in [0.2, 0.25) is 0 Å². The number of carbonyl (C=O) groups excluding carboxylic acids is 2. The highest BCUT2D eigenvalue weighted by Gasteiger charge is 2.70. The van der Waals surface area contributed by atoms with Crippen molar-refractivity contribution in [1.82, 2.24) is 10.2 Å². The molecule has 5 unspecified atom stereocenters. The number of imide groups is 1. The van der Waals surface area contributed by atoms with Gasteiger partial charge in [0.1, 0.15) is 5.54 Å². The van der Waals surface area contributed by atoms with Crippen LogP contribution in [0.15, 0.2) is 18.2 Å². The van der Waals surface area contributed by atoms with Crippen LogP contribution >= 0.6 is 0 Å². The van der Waals surface area contributed by atoms with Crippen LogP contribution in [-0.2, 0) is 14.4 Å². The van der Waals surface area contributed by atoms with E-state index in [4.69, 9.17) is 4.74 Å². The first-order valence-corrected chi connectivity index (χ1v) is 10.2. The summed E-state index contributed by atoms with van der Waals surface area (Å²) in [4.78, 5) is 40.8. The van der Waals surface area contributed by atoms with Crippen molar-refractivity contribution in [3.63, 3.8) is 0 Å². The number of phenolic OH excluding ortho intramolecular Hbond substituents is 1. The zero-order valence-corrected chi connectivity index (χ0v) is 18.2. The third-order valence-corrected chi connectivity index (χ3v) is 6.57. The van der Waals surface area contributed by atoms with Gasteiger partial charge in [-0.05, 0) is 44.4 Å². The summed E-state index contributed by atoms with van der Waals surface area (Å²) in [7, 11) is 1.41. The van der Waals surface area contributed by atoms with Gasteiger partial charge in [-0.15, -0.1) is 0 Å². The topological polar surface area (TPSA) is 116 Å². The molecule has 0 aliphatic carbocycles. The van der Waals surface area contributed by atoms with Crippen LogP contribution in [0.4, 0.5) is 0 Å². The van der Waals surface area contributed by atoms with Gasteiger partial charge < -0.3 is 14.9 Å². The predicted molar refractivity (Wildman–Crippen MR) is 109 cm³/mol. The second-order valence-electron chi connectivity index (χ2n) is 9.22. The van der Waals surface area contributed by atoms with E-state index in [2.05, 4.69) is 5.32 Å². The minimum atomic E-state index is -1.58. The number of rotatable bonds is 5. The Hall–Kier alpha value is -2.61. The van der Waals surface area contributed by atoms with E-state index in [0.29, 0.717) is 12.0 Å². The Balaban J connectivity index is 2.23. The molecule has 2 saturated heterocycles. The number of hydrogen-bond acceptors (Lipinski definition) is 6. The summed E-state index contributed by atoms with van der Waals surface area (Å²) in [5.41, 5.74) is -1.76. The number of benzene rings is 1. The Morgan fingerprint density at radius 3 is 2.43 bits per heavy atom. The third-order valence-electron chi connectivity index (χ3n) is 6.57. The fourth-order valence-electron chi connectivity index (χ4n) is 4.96. The molecule has 0 saturated carbocycles. The van der Waals surface area contributed by atoms with Gasteiger partial charge >= 0.3 is 5.97 Å². The fraction of sp³-hybridized carbons (Fsp3) is 0.591. The molecule has 164 valence electrons. The second-order valence-corrected chi connectivity index (χ2v) is 9.22. The molecule has 3 N–H and O–H groups in total. The number of phenols is 1. The lowest BCUT2D eigenvalue weighted by atomic mass is 9.72. The van der Waals surface area contributed by atoms with Crippen molar-refractivity contribution in [2.75, 3.05) is 7.11 Å². The smallest absolute Gasteiger partial charge is 0.325 e. The lowest BCUT2D eigenvalue weighted by molar-refractivity contribution is -0.156. The number of carbonyl (C=O) groups is 3. The summed E-state index contributed by atoms with van der Waals surface area (Å²) in [6.07, 6.45) is 0.519. The zero-order valence-electron chi connectivity index (χ0n) is 18.2. The number of carboxylic acids is 1. The van der Waals surface area contributed by atoms with Crippen molar-refractivity contribution in [1.29, 1.82) is 0 Å². The quantitative estimate of drug-likeness (QED) is 0.628. The van der Waals surface area contributed by atoms with E-state index in [9.17, 15) is 24.6 Å². The molecular formula is C22H30N2O6. The SMILES string of the molecule is CCC(C)C1(C(=O)O)NC(c2ccc(O)c(OC)c2)C2C(=O)N(C(C)(C)C)C(=O)C21. The summed E-state index contributed by atoms with van der Waals surface area (Å²) >= 11 is 0. The molecule has 2 heterocycles. The average molecular weight is 418 g/mol. The van der Waals surface area contributed by atoms with Crippen LogP contribution in [0.1, 0.15) is 52.6 Å². The number of ether oxygens (including phenoxy) is 1. The molecule has 1 aromatic carbocycles. The van der Waals surface area contributed by atoms with Crippen LogP contribution in [0.3, 0.4) is 0 Å². The molecule has 2 aliphatic heterocycles. The van der Waals surface area contributed by atoms with Gasteiger partial charge in [0.2, 0.25) is 11.8 Å². The molecule has 0 aromatic heterocycles. The molecule has 2 amide bonds. The highest BCUT2D eigenvalue weighted by Crippen LogP contribution is 2.53. The van der Waals surface area contributed by atoms with Crippen molar-refractivity contribution in [3.05, 3.63) is 23.8 Å². The first-order chi connectivity index (χ1) is 13.9. The molecule has 8 nitrogen and oxygen atoms in total. The summed E-state index contributed by atoms with van der Waals surface area (Å²) < 4.78 is 5.19. The predicted octanol–water partition coefficient (Wildman–Crippen LogP) is 2.31. The molecule has 1 aromatic rings. The van der Waals surface area contributed by atoms with Crippen molar-refractivity contribution in [2.24, 2.45) is 17.8 Å². The Labute approximate surface area is 176 Å². The number of fused-ring (bicyclic) bond motifs is 1. The molecule has 0 spiro atoms. The molecule has 8 heteroatoms. The lowest BCUT2D eigenvalue weighted by Crippen LogP contribution is -2.60. The maximum absolute atomic E-state index is 13.5. The minimum absolute atomic E-state index is 0.0626. The summed E-state index contributed by atoms with van der Waals surface area (Å²) in [5, 5.41) is 23.4. The fourth-order valence-corrected chi connectivity index (χ4v) is 4.96. The molecule has 0 bridgehead atoms. The van der Waals surface area contributed by atoms with Crippen molar-refractivity contribution >= 4 is 17.8 Å². The standard InChI is InChI=1S/C22H30N2O6/c1-7-11(2)22(20(28)29)16-15(18(26)24(19(16)27)21(3,4)5)17(23-22)12-8-9-13(25)14(10-12)30-6/h8-11,15-17,23,25H,7H2,1-6H3,(H,28,29). The van der Waals surface area contributed by atoms with E-state index in [1.165, 1.54) is 18.1 Å². The Kier molecular flexibility index (Phi) is 5.35. The minimum Gasteiger partial charge on any atom is -0.504 e. The third kappa shape index (κ3) is 2.96. The van der Waals surface area contributed by atoms with Gasteiger partial charge in [0.25, 0.3) is 0 Å². The second kappa shape index (κ2) is 7.27. The number of likely N-dealkylation sites (tertiary alicyclic amines) is 1. The molecule has 3 rings (SSSR count). The summed E-state index contributed by atoms with van der Waals surface area (Å²) in [6, 6.07) is 3.94. The molecule has 30 heavy (non-hydrogen) atoms. The number of aliphatic carboxylic acids is 1. The normalized spacial score (nSPS) is 29.8. The molecule has 5 atom stereocenters. The van der Waals surface area contributed by atoms with Gasteiger partial charge in [-0.25, -0.2) is 0 Å². The Bertz CT molecular complexity index is 892. The molecule has 0 radical (unpaired) electrons. The van der Waals surface area contributed by atoms with Gasteiger partial charge in [0.15, 0.2) is 11.5 Å². The van der Waals surface area contributed by atoms with E-state index in [1.807, 2.05) is 6.92 Å². The van der Waals surface area contributed by atoms with Crippen molar-refractivity contribution < 1.29 is 29.3 Å². The maximum atomic E-state index is 13.5. The van der Waals surface area contributed by atoms with E-state index in [-0.39, 0.29) is 17.4 Å². The first-order valence-electron chi connectivity index (χ1n) is 10.2. The van der Waals surface area contributed by atoms with Gasteiger partial charge in [-0.2, -0.15) is 0 Å².